The molecule has 0 amide bonds. The van der Waals surface area contributed by atoms with Crippen molar-refractivity contribution in [2.24, 2.45) is 7.05 Å². The summed E-state index contributed by atoms with van der Waals surface area (Å²) in [6.45, 7) is 5.69. The zero-order chi connectivity index (χ0) is 22.7. The Labute approximate surface area is 188 Å². The molecule has 166 valence electrons. The van der Waals surface area contributed by atoms with Gasteiger partial charge in [0.05, 0.1) is 42.0 Å². The fourth-order valence-corrected chi connectivity index (χ4v) is 4.34. The fourth-order valence-electron chi connectivity index (χ4n) is 4.34. The van der Waals surface area contributed by atoms with E-state index in [1.807, 2.05) is 39.1 Å². The number of anilines is 2. The number of likely N-dealkylation sites (tertiary alicyclic amines) is 1. The minimum absolute atomic E-state index is 0.189. The highest BCUT2D eigenvalue weighted by Gasteiger charge is 2.28. The van der Waals surface area contributed by atoms with E-state index in [4.69, 9.17) is 15.0 Å². The van der Waals surface area contributed by atoms with Crippen LogP contribution in [0.1, 0.15) is 53.8 Å². The lowest BCUT2D eigenvalue weighted by molar-refractivity contribution is 0.135. The maximum Gasteiger partial charge on any atom is 0.216 e. The first-order valence-electron chi connectivity index (χ1n) is 10.8. The van der Waals surface area contributed by atoms with Gasteiger partial charge in [0, 0.05) is 19.7 Å². The number of nitrogens with zero attached hydrogens (tertiary/aromatic N) is 7. The predicted molar refractivity (Wildman–Crippen MR) is 121 cm³/mol. The van der Waals surface area contributed by atoms with Crippen molar-refractivity contribution >= 4 is 11.5 Å². The van der Waals surface area contributed by atoms with Crippen LogP contribution in [-0.2, 0) is 13.6 Å². The van der Waals surface area contributed by atoms with Crippen LogP contribution in [0.25, 0.3) is 0 Å². The van der Waals surface area contributed by atoms with Crippen molar-refractivity contribution in [1.82, 2.24) is 29.6 Å². The molecule has 9 nitrogen and oxygen atoms in total. The van der Waals surface area contributed by atoms with Gasteiger partial charge in [-0.05, 0) is 45.4 Å². The molecule has 4 rings (SSSR count). The molecule has 1 saturated heterocycles. The smallest absolute Gasteiger partial charge is 0.216 e. The van der Waals surface area contributed by atoms with E-state index in [2.05, 4.69) is 25.3 Å². The van der Waals surface area contributed by atoms with Crippen LogP contribution in [0, 0.1) is 25.2 Å². The lowest BCUT2D eigenvalue weighted by Gasteiger charge is -2.35. The van der Waals surface area contributed by atoms with Gasteiger partial charge in [0.2, 0.25) is 5.88 Å². The van der Waals surface area contributed by atoms with Crippen LogP contribution >= 0.6 is 0 Å². The van der Waals surface area contributed by atoms with Crippen LogP contribution < -0.4 is 10.1 Å². The van der Waals surface area contributed by atoms with Gasteiger partial charge in [-0.15, -0.1) is 0 Å². The van der Waals surface area contributed by atoms with Crippen LogP contribution in [0.2, 0.25) is 0 Å². The molecule has 0 aromatic carbocycles. The standard InChI is InChI=1S/C23H28N8O/c1-15-19(23(32-4)30(3)29-15)14-31-10-6-5-7-21(31)20-11-22(27-16(2)26-20)28-18-9-8-17(12-24)25-13-18/h8-9,11,13,21H,5-7,10,14H2,1-4H3,(H,26,27,28)/t21-/m0/s1. The van der Waals surface area contributed by atoms with E-state index < -0.39 is 0 Å². The molecule has 0 unspecified atom stereocenters. The molecule has 0 aliphatic carbocycles. The summed E-state index contributed by atoms with van der Waals surface area (Å²) >= 11 is 0. The maximum atomic E-state index is 8.95. The zero-order valence-corrected chi connectivity index (χ0v) is 19.0. The van der Waals surface area contributed by atoms with Crippen molar-refractivity contribution in [2.75, 3.05) is 19.0 Å². The maximum absolute atomic E-state index is 8.95. The number of nitrogens with one attached hydrogen (secondary N) is 1. The average Bonchev–Trinajstić information content (AvgIpc) is 3.06. The van der Waals surface area contributed by atoms with Crippen molar-refractivity contribution in [3.63, 3.8) is 0 Å². The Morgan fingerprint density at radius 1 is 1.25 bits per heavy atom. The molecule has 32 heavy (non-hydrogen) atoms. The molecule has 0 spiro atoms. The van der Waals surface area contributed by atoms with E-state index in [-0.39, 0.29) is 6.04 Å². The Morgan fingerprint density at radius 2 is 2.09 bits per heavy atom. The Balaban J connectivity index is 1.60. The number of aryl methyl sites for hydroxylation is 3. The highest BCUT2D eigenvalue weighted by molar-refractivity contribution is 5.55. The third-order valence-electron chi connectivity index (χ3n) is 5.81. The summed E-state index contributed by atoms with van der Waals surface area (Å²) in [5, 5.41) is 16.8. The van der Waals surface area contributed by atoms with Crippen LogP contribution in [0.5, 0.6) is 5.88 Å². The molecule has 1 N–H and O–H groups in total. The molecule has 1 fully saturated rings. The van der Waals surface area contributed by atoms with Crippen molar-refractivity contribution < 1.29 is 4.74 Å². The second-order valence-corrected chi connectivity index (χ2v) is 8.07. The average molecular weight is 433 g/mol. The lowest BCUT2D eigenvalue weighted by Crippen LogP contribution is -2.34. The van der Waals surface area contributed by atoms with E-state index in [1.54, 1.807) is 24.1 Å². The first kappa shape index (κ1) is 21.7. The quantitative estimate of drug-likeness (QED) is 0.630. The highest BCUT2D eigenvalue weighted by Crippen LogP contribution is 2.34. The summed E-state index contributed by atoms with van der Waals surface area (Å²) in [7, 11) is 3.60. The minimum Gasteiger partial charge on any atom is -0.481 e. The number of ether oxygens (including phenoxy) is 1. The van der Waals surface area contributed by atoms with Crippen LogP contribution in [-0.4, -0.2) is 43.3 Å². The number of rotatable bonds is 6. The number of piperidine rings is 1. The SMILES string of the molecule is COc1c(CN2CCCC[C@H]2c2cc(Nc3ccc(C#N)nc3)nc(C)n2)c(C)nn1C. The molecule has 1 aliphatic rings. The monoisotopic (exact) mass is 432 g/mol. The van der Waals surface area contributed by atoms with E-state index in [0.717, 1.165) is 66.7 Å². The molecule has 3 aromatic rings. The molecule has 0 radical (unpaired) electrons. The predicted octanol–water partition coefficient (Wildman–Crippen LogP) is 3.57. The second kappa shape index (κ2) is 9.32. The minimum atomic E-state index is 0.189. The number of aromatic nitrogens is 5. The zero-order valence-electron chi connectivity index (χ0n) is 19.0. The molecule has 3 aromatic heterocycles. The Kier molecular flexibility index (Phi) is 6.32. The van der Waals surface area contributed by atoms with Gasteiger partial charge in [0.25, 0.3) is 0 Å². The van der Waals surface area contributed by atoms with Gasteiger partial charge < -0.3 is 10.1 Å². The van der Waals surface area contributed by atoms with Crippen LogP contribution in [0.4, 0.5) is 11.5 Å². The molecule has 4 heterocycles. The third kappa shape index (κ3) is 4.55. The van der Waals surface area contributed by atoms with E-state index >= 15 is 0 Å². The molecule has 0 bridgehead atoms. The fraction of sp³-hybridized carbons (Fsp3) is 0.435. The van der Waals surface area contributed by atoms with E-state index in [9.17, 15) is 0 Å². The second-order valence-electron chi connectivity index (χ2n) is 8.07. The van der Waals surface area contributed by atoms with Crippen molar-refractivity contribution in [3.8, 4) is 11.9 Å². The van der Waals surface area contributed by atoms with Crippen molar-refractivity contribution in [1.29, 1.82) is 5.26 Å². The number of hydrogen-bond donors (Lipinski definition) is 1. The number of methoxy groups -OCH3 is 1. The van der Waals surface area contributed by atoms with Crippen LogP contribution in [0.15, 0.2) is 24.4 Å². The van der Waals surface area contributed by atoms with E-state index in [1.165, 1.54) is 0 Å². The molecular weight excluding hydrogens is 404 g/mol. The summed E-state index contributed by atoms with van der Waals surface area (Å²) in [6, 6.07) is 7.75. The third-order valence-corrected chi connectivity index (χ3v) is 5.81. The van der Waals surface area contributed by atoms with Crippen molar-refractivity contribution in [2.45, 2.75) is 45.7 Å². The van der Waals surface area contributed by atoms with Gasteiger partial charge in [0.15, 0.2) is 0 Å². The Morgan fingerprint density at radius 3 is 2.81 bits per heavy atom. The number of hydrogen-bond acceptors (Lipinski definition) is 8. The number of pyridine rings is 1. The molecule has 1 atom stereocenters. The molecule has 1 aliphatic heterocycles. The lowest BCUT2D eigenvalue weighted by atomic mass is 9.98. The first-order chi connectivity index (χ1) is 15.5. The summed E-state index contributed by atoms with van der Waals surface area (Å²) < 4.78 is 7.41. The highest BCUT2D eigenvalue weighted by atomic mass is 16.5. The first-order valence-corrected chi connectivity index (χ1v) is 10.8. The van der Waals surface area contributed by atoms with E-state index in [0.29, 0.717) is 11.5 Å². The molecular formula is C23H28N8O. The van der Waals surface area contributed by atoms with Gasteiger partial charge in [0.1, 0.15) is 23.4 Å². The van der Waals surface area contributed by atoms with Crippen molar-refractivity contribution in [3.05, 3.63) is 52.9 Å². The van der Waals surface area contributed by atoms with Gasteiger partial charge in [-0.3, -0.25) is 4.90 Å². The van der Waals surface area contributed by atoms with Gasteiger partial charge in [-0.1, -0.05) is 6.42 Å². The van der Waals surface area contributed by atoms with Crippen LogP contribution in [0.3, 0.4) is 0 Å². The summed E-state index contributed by atoms with van der Waals surface area (Å²) in [6.07, 6.45) is 5.00. The molecule has 0 saturated carbocycles. The topological polar surface area (TPSA) is 105 Å². The largest absolute Gasteiger partial charge is 0.481 e. The van der Waals surface area contributed by atoms with Gasteiger partial charge in [-0.2, -0.15) is 10.4 Å². The Bertz CT molecular complexity index is 1130. The van der Waals surface area contributed by atoms with Gasteiger partial charge >= 0.3 is 0 Å². The normalized spacial score (nSPS) is 16.5. The summed E-state index contributed by atoms with van der Waals surface area (Å²) in [4.78, 5) is 15.9. The van der Waals surface area contributed by atoms with Gasteiger partial charge in [-0.25, -0.2) is 19.6 Å². The summed E-state index contributed by atoms with van der Waals surface area (Å²) in [5.74, 6) is 2.24. The molecule has 9 heteroatoms. The summed E-state index contributed by atoms with van der Waals surface area (Å²) in [5.41, 5.74) is 4.28. The number of nitriles is 1. The Hall–Kier alpha value is -3.51.